The minimum Gasteiger partial charge on any atom is -0.385 e. The quantitative estimate of drug-likeness (QED) is 0.691. The summed E-state index contributed by atoms with van der Waals surface area (Å²) in [6, 6.07) is 4.55. The third-order valence-electron chi connectivity index (χ3n) is 4.31. The Morgan fingerprint density at radius 3 is 2.69 bits per heavy atom. The Bertz CT molecular complexity index is 589. The Hall–Kier alpha value is -1.86. The lowest BCUT2D eigenvalue weighted by molar-refractivity contribution is -0.121. The van der Waals surface area contributed by atoms with Gasteiger partial charge in [-0.05, 0) is 45.4 Å². The molecule has 1 aliphatic rings. The molecule has 1 fully saturated rings. The van der Waals surface area contributed by atoms with Gasteiger partial charge in [0, 0.05) is 39.0 Å². The molecule has 3 atom stereocenters. The molecule has 1 aromatic rings. The van der Waals surface area contributed by atoms with Crippen molar-refractivity contribution in [1.82, 2.24) is 5.32 Å². The first kappa shape index (κ1) is 20.5. The normalized spacial score (nSPS) is 21.3. The Labute approximate surface area is 155 Å². The van der Waals surface area contributed by atoms with Crippen molar-refractivity contribution in [2.45, 2.75) is 45.4 Å². The first-order valence-corrected chi connectivity index (χ1v) is 9.13. The van der Waals surface area contributed by atoms with Crippen molar-refractivity contribution in [1.29, 1.82) is 0 Å². The molecule has 1 saturated heterocycles. The summed E-state index contributed by atoms with van der Waals surface area (Å²) in [7, 11) is 1.63. The van der Waals surface area contributed by atoms with Crippen molar-refractivity contribution in [3.05, 3.63) is 24.0 Å². The predicted octanol–water partition coefficient (Wildman–Crippen LogP) is 2.39. The molecule has 6 nitrogen and oxygen atoms in total. The monoisotopic (exact) mass is 367 g/mol. The van der Waals surface area contributed by atoms with E-state index in [4.69, 9.17) is 9.47 Å². The van der Waals surface area contributed by atoms with Crippen molar-refractivity contribution in [3.8, 4) is 0 Å². The second-order valence-electron chi connectivity index (χ2n) is 6.83. The summed E-state index contributed by atoms with van der Waals surface area (Å²) in [6.07, 6.45) is 0.893. The summed E-state index contributed by atoms with van der Waals surface area (Å²) < 4.78 is 25.2. The fraction of sp³-hybridized carbons (Fsp3) is 0.632. The highest BCUT2D eigenvalue weighted by Gasteiger charge is 2.24. The van der Waals surface area contributed by atoms with Crippen LogP contribution in [0.3, 0.4) is 0 Å². The van der Waals surface area contributed by atoms with Gasteiger partial charge in [0.15, 0.2) is 0 Å². The molecule has 1 aliphatic heterocycles. The van der Waals surface area contributed by atoms with Crippen LogP contribution in [0, 0.1) is 5.82 Å². The number of hydrogen-bond acceptors (Lipinski definition) is 5. The molecular weight excluding hydrogens is 337 g/mol. The molecule has 1 heterocycles. The number of methoxy groups -OCH3 is 1. The van der Waals surface area contributed by atoms with Crippen LogP contribution in [0.4, 0.5) is 15.8 Å². The molecule has 146 valence electrons. The number of benzene rings is 1. The summed E-state index contributed by atoms with van der Waals surface area (Å²) in [5.41, 5.74) is 1.15. The summed E-state index contributed by atoms with van der Waals surface area (Å²) in [5, 5.41) is 5.87. The highest BCUT2D eigenvalue weighted by atomic mass is 19.1. The van der Waals surface area contributed by atoms with Gasteiger partial charge in [-0.1, -0.05) is 0 Å². The van der Waals surface area contributed by atoms with E-state index >= 15 is 0 Å². The fourth-order valence-corrected chi connectivity index (χ4v) is 3.12. The maximum atomic E-state index is 14.6. The zero-order chi connectivity index (χ0) is 19.1. The fourth-order valence-electron chi connectivity index (χ4n) is 3.12. The Kier molecular flexibility index (Phi) is 7.66. The van der Waals surface area contributed by atoms with E-state index in [2.05, 4.69) is 10.6 Å². The number of rotatable bonds is 8. The van der Waals surface area contributed by atoms with Crippen LogP contribution in [0.5, 0.6) is 0 Å². The molecule has 1 aromatic carbocycles. The van der Waals surface area contributed by atoms with Gasteiger partial charge in [0.25, 0.3) is 0 Å². The Morgan fingerprint density at radius 1 is 1.38 bits per heavy atom. The summed E-state index contributed by atoms with van der Waals surface area (Å²) >= 11 is 0. The molecule has 0 spiro atoms. The number of halogens is 1. The molecule has 7 heteroatoms. The van der Waals surface area contributed by atoms with E-state index in [1.807, 2.05) is 18.7 Å². The molecule has 0 saturated carbocycles. The third kappa shape index (κ3) is 5.85. The number of hydrogen-bond donors (Lipinski definition) is 2. The molecule has 0 bridgehead atoms. The van der Waals surface area contributed by atoms with Crippen LogP contribution in [-0.4, -0.2) is 57.5 Å². The van der Waals surface area contributed by atoms with Gasteiger partial charge in [0.2, 0.25) is 5.91 Å². The number of anilines is 2. The maximum Gasteiger partial charge on any atom is 0.242 e. The van der Waals surface area contributed by atoms with E-state index in [1.54, 1.807) is 26.2 Å². The third-order valence-corrected chi connectivity index (χ3v) is 4.31. The lowest BCUT2D eigenvalue weighted by Crippen LogP contribution is -2.45. The number of ether oxygens (including phenoxy) is 2. The molecule has 2 N–H and O–H groups in total. The highest BCUT2D eigenvalue weighted by molar-refractivity contribution is 5.84. The zero-order valence-corrected chi connectivity index (χ0v) is 16.0. The highest BCUT2D eigenvalue weighted by Crippen LogP contribution is 2.26. The topological polar surface area (TPSA) is 62.8 Å². The van der Waals surface area contributed by atoms with Gasteiger partial charge in [0.1, 0.15) is 11.9 Å². The van der Waals surface area contributed by atoms with E-state index in [1.165, 1.54) is 6.07 Å². The Balaban J connectivity index is 1.93. The van der Waals surface area contributed by atoms with E-state index < -0.39 is 6.04 Å². The number of morpholine rings is 1. The van der Waals surface area contributed by atoms with Crippen LogP contribution in [0.1, 0.15) is 27.2 Å². The second-order valence-corrected chi connectivity index (χ2v) is 6.83. The van der Waals surface area contributed by atoms with Crippen molar-refractivity contribution >= 4 is 17.3 Å². The van der Waals surface area contributed by atoms with Gasteiger partial charge in [-0.3, -0.25) is 4.79 Å². The van der Waals surface area contributed by atoms with E-state index in [-0.39, 0.29) is 23.9 Å². The molecule has 0 radical (unpaired) electrons. The van der Waals surface area contributed by atoms with E-state index in [9.17, 15) is 9.18 Å². The average molecular weight is 367 g/mol. The smallest absolute Gasteiger partial charge is 0.242 e. The van der Waals surface area contributed by atoms with Crippen molar-refractivity contribution in [3.63, 3.8) is 0 Å². The van der Waals surface area contributed by atoms with E-state index in [0.29, 0.717) is 37.6 Å². The largest absolute Gasteiger partial charge is 0.385 e. The van der Waals surface area contributed by atoms with Gasteiger partial charge < -0.3 is 25.0 Å². The number of nitrogens with one attached hydrogen (secondary N) is 2. The molecule has 0 aromatic heterocycles. The summed E-state index contributed by atoms with van der Waals surface area (Å²) in [6.45, 7) is 8.21. The minimum atomic E-state index is -0.453. The minimum absolute atomic E-state index is 0.0674. The number of nitrogens with zero attached hydrogens (tertiary/aromatic N) is 1. The maximum absolute atomic E-state index is 14.6. The van der Waals surface area contributed by atoms with Gasteiger partial charge >= 0.3 is 0 Å². The second kappa shape index (κ2) is 9.73. The summed E-state index contributed by atoms with van der Waals surface area (Å²) in [4.78, 5) is 14.1. The van der Waals surface area contributed by atoms with Crippen molar-refractivity contribution in [2.24, 2.45) is 0 Å². The number of carbonyl (C=O) groups is 1. The van der Waals surface area contributed by atoms with Crippen molar-refractivity contribution < 1.29 is 18.7 Å². The first-order valence-electron chi connectivity index (χ1n) is 9.13. The van der Waals surface area contributed by atoms with E-state index in [0.717, 1.165) is 6.42 Å². The van der Waals surface area contributed by atoms with Gasteiger partial charge in [-0.25, -0.2) is 4.39 Å². The zero-order valence-electron chi connectivity index (χ0n) is 16.0. The van der Waals surface area contributed by atoms with Crippen LogP contribution in [0.2, 0.25) is 0 Å². The average Bonchev–Trinajstić information content (AvgIpc) is 2.57. The lowest BCUT2D eigenvalue weighted by Gasteiger charge is -2.37. The van der Waals surface area contributed by atoms with Crippen LogP contribution >= 0.6 is 0 Å². The van der Waals surface area contributed by atoms with Crippen molar-refractivity contribution in [2.75, 3.05) is 43.6 Å². The van der Waals surface area contributed by atoms with Crippen LogP contribution in [0.25, 0.3) is 0 Å². The number of amides is 1. The molecule has 2 rings (SSSR count). The van der Waals surface area contributed by atoms with Crippen LogP contribution in [-0.2, 0) is 14.3 Å². The van der Waals surface area contributed by atoms with Crippen LogP contribution in [0.15, 0.2) is 18.2 Å². The van der Waals surface area contributed by atoms with Gasteiger partial charge in [-0.15, -0.1) is 0 Å². The SMILES string of the molecule is COCCCNC(=O)C(C)Nc1ccc(N2CC(C)OC(C)C2)c(F)c1. The standard InChI is InChI=1S/C19H30FN3O3/c1-13-11-23(12-14(2)26-13)18-7-6-16(10-17(18)20)22-15(3)19(24)21-8-5-9-25-4/h6-7,10,13-15,22H,5,8-9,11-12H2,1-4H3,(H,21,24). The van der Waals surface area contributed by atoms with Gasteiger partial charge in [0.05, 0.1) is 17.9 Å². The molecule has 1 amide bonds. The predicted molar refractivity (Wildman–Crippen MR) is 101 cm³/mol. The van der Waals surface area contributed by atoms with Crippen LogP contribution < -0.4 is 15.5 Å². The lowest BCUT2D eigenvalue weighted by atomic mass is 10.1. The summed E-state index contributed by atoms with van der Waals surface area (Å²) in [5.74, 6) is -0.426. The first-order chi connectivity index (χ1) is 12.4. The molecular formula is C19H30FN3O3. The Morgan fingerprint density at radius 2 is 2.08 bits per heavy atom. The number of carbonyl (C=O) groups excluding carboxylic acids is 1. The van der Waals surface area contributed by atoms with Gasteiger partial charge in [-0.2, -0.15) is 0 Å². The molecule has 0 aliphatic carbocycles. The molecule has 26 heavy (non-hydrogen) atoms. The molecule has 3 unspecified atom stereocenters.